The van der Waals surface area contributed by atoms with Crippen LogP contribution in [0.25, 0.3) is 10.6 Å². The number of thioether (sulfide) groups is 1. The molecule has 5 nitrogen and oxygen atoms in total. The van der Waals surface area contributed by atoms with Crippen molar-refractivity contribution >= 4 is 34.7 Å². The minimum absolute atomic E-state index is 0.375. The highest BCUT2D eigenvalue weighted by Crippen LogP contribution is 2.31. The monoisotopic (exact) mass is 442 g/mol. The lowest BCUT2D eigenvalue weighted by Crippen LogP contribution is -2.04. The number of thiazole rings is 1. The second-order valence-electron chi connectivity index (χ2n) is 6.47. The van der Waals surface area contributed by atoms with E-state index in [-0.39, 0.29) is 0 Å². The first kappa shape index (κ1) is 19.9. The van der Waals surface area contributed by atoms with Crippen LogP contribution in [0.15, 0.2) is 59.1 Å². The fourth-order valence-corrected chi connectivity index (χ4v) is 4.72. The molecule has 0 aliphatic heterocycles. The molecule has 4 aromatic rings. The van der Waals surface area contributed by atoms with Gasteiger partial charge in [0.05, 0.1) is 10.7 Å². The van der Waals surface area contributed by atoms with Crippen LogP contribution in [0.4, 0.5) is 0 Å². The molecule has 0 bridgehead atoms. The molecule has 2 aromatic heterocycles. The zero-order chi connectivity index (χ0) is 20.2. The van der Waals surface area contributed by atoms with Crippen LogP contribution in [0.1, 0.15) is 17.1 Å². The number of aryl methyl sites for hydroxylation is 1. The molecule has 0 atom stereocenters. The Bertz CT molecular complexity index is 1110. The van der Waals surface area contributed by atoms with Crippen LogP contribution in [-0.2, 0) is 19.4 Å². The Balaban J connectivity index is 1.37. The number of aromatic nitrogens is 4. The molecule has 0 N–H and O–H groups in total. The summed E-state index contributed by atoms with van der Waals surface area (Å²) in [5.74, 6) is 2.32. The van der Waals surface area contributed by atoms with Crippen molar-refractivity contribution in [3.05, 3.63) is 76.0 Å². The summed E-state index contributed by atoms with van der Waals surface area (Å²) < 4.78 is 7.77. The normalized spacial score (nSPS) is 11.0. The van der Waals surface area contributed by atoms with Gasteiger partial charge in [-0.15, -0.1) is 21.5 Å². The maximum Gasteiger partial charge on any atom is 0.191 e. The predicted molar refractivity (Wildman–Crippen MR) is 119 cm³/mol. The van der Waals surface area contributed by atoms with Crippen molar-refractivity contribution in [1.82, 2.24) is 19.7 Å². The van der Waals surface area contributed by atoms with Crippen molar-refractivity contribution in [3.8, 4) is 16.3 Å². The number of halogens is 1. The molecule has 0 saturated heterocycles. The quantitative estimate of drug-likeness (QED) is 0.340. The van der Waals surface area contributed by atoms with Gasteiger partial charge in [0, 0.05) is 23.7 Å². The van der Waals surface area contributed by atoms with Crippen molar-refractivity contribution in [2.45, 2.75) is 24.4 Å². The van der Waals surface area contributed by atoms with Gasteiger partial charge < -0.3 is 9.30 Å². The second-order valence-corrected chi connectivity index (χ2v) is 8.68. The maximum absolute atomic E-state index is 6.27. The van der Waals surface area contributed by atoms with E-state index < -0.39 is 0 Å². The topological polar surface area (TPSA) is 52.8 Å². The molecular weight excluding hydrogens is 424 g/mol. The van der Waals surface area contributed by atoms with Crippen LogP contribution >= 0.6 is 34.7 Å². The molecule has 0 saturated carbocycles. The Morgan fingerprint density at radius 3 is 2.69 bits per heavy atom. The number of hydrogen-bond donors (Lipinski definition) is 0. The Hall–Kier alpha value is -2.35. The van der Waals surface area contributed by atoms with E-state index in [1.54, 1.807) is 23.1 Å². The van der Waals surface area contributed by atoms with Crippen LogP contribution in [0.5, 0.6) is 5.75 Å². The molecule has 4 rings (SSSR count). The van der Waals surface area contributed by atoms with Gasteiger partial charge in [0.2, 0.25) is 0 Å². The summed E-state index contributed by atoms with van der Waals surface area (Å²) in [5, 5.41) is 13.1. The Morgan fingerprint density at radius 1 is 1.10 bits per heavy atom. The molecule has 8 heteroatoms. The summed E-state index contributed by atoms with van der Waals surface area (Å²) >= 11 is 9.47. The van der Waals surface area contributed by atoms with E-state index >= 15 is 0 Å². The highest BCUT2D eigenvalue weighted by molar-refractivity contribution is 7.98. The Kier molecular flexibility index (Phi) is 6.18. The summed E-state index contributed by atoms with van der Waals surface area (Å²) in [7, 11) is 1.95. The minimum atomic E-state index is 0.375. The van der Waals surface area contributed by atoms with Gasteiger partial charge in [0.25, 0.3) is 0 Å². The van der Waals surface area contributed by atoms with Crippen LogP contribution in [0.3, 0.4) is 0 Å². The lowest BCUT2D eigenvalue weighted by Gasteiger charge is -2.06. The van der Waals surface area contributed by atoms with Gasteiger partial charge >= 0.3 is 0 Å². The van der Waals surface area contributed by atoms with Crippen LogP contribution in [0.2, 0.25) is 5.02 Å². The van der Waals surface area contributed by atoms with Crippen LogP contribution in [0, 0.1) is 6.92 Å². The standard InChI is InChI=1S/C21H19ClN4OS2/c1-14-7-9-16(10-8-14)27-11-19-24-25-21(26(19)2)29-13-15-12-28-20(23-15)17-5-3-4-6-18(17)22/h3-10,12H,11,13H2,1-2H3. The summed E-state index contributed by atoms with van der Waals surface area (Å²) in [6.45, 7) is 2.43. The summed E-state index contributed by atoms with van der Waals surface area (Å²) in [6, 6.07) is 15.7. The van der Waals surface area contributed by atoms with E-state index in [2.05, 4.69) is 22.5 Å². The van der Waals surface area contributed by atoms with Crippen LogP contribution < -0.4 is 4.74 Å². The van der Waals surface area contributed by atoms with Crippen molar-refractivity contribution in [3.63, 3.8) is 0 Å². The van der Waals surface area contributed by atoms with Crippen LogP contribution in [-0.4, -0.2) is 19.7 Å². The van der Waals surface area contributed by atoms with Gasteiger partial charge in [-0.2, -0.15) is 0 Å². The van der Waals surface area contributed by atoms with Crippen molar-refractivity contribution in [2.24, 2.45) is 7.05 Å². The molecular formula is C21H19ClN4OS2. The lowest BCUT2D eigenvalue weighted by molar-refractivity contribution is 0.290. The van der Waals surface area contributed by atoms with E-state index in [9.17, 15) is 0 Å². The molecule has 29 heavy (non-hydrogen) atoms. The van der Waals surface area contributed by atoms with Gasteiger partial charge in [-0.3, -0.25) is 0 Å². The molecule has 0 spiro atoms. The Labute approximate surface area is 182 Å². The van der Waals surface area contributed by atoms with Crippen molar-refractivity contribution < 1.29 is 4.74 Å². The van der Waals surface area contributed by atoms with E-state index in [1.165, 1.54) is 5.56 Å². The first-order valence-corrected chi connectivity index (χ1v) is 11.2. The molecule has 0 aliphatic rings. The molecule has 0 radical (unpaired) electrons. The first-order chi connectivity index (χ1) is 14.1. The fourth-order valence-electron chi connectivity index (χ4n) is 2.65. The predicted octanol–water partition coefficient (Wildman–Crippen LogP) is 5.77. The lowest BCUT2D eigenvalue weighted by atomic mass is 10.2. The maximum atomic E-state index is 6.27. The summed E-state index contributed by atoms with van der Waals surface area (Å²) in [5.41, 5.74) is 3.16. The smallest absolute Gasteiger partial charge is 0.191 e. The second kappa shape index (κ2) is 8.98. The molecule has 2 heterocycles. The third kappa shape index (κ3) is 4.80. The molecule has 0 unspecified atom stereocenters. The van der Waals surface area contributed by atoms with Gasteiger partial charge in [-0.05, 0) is 25.1 Å². The molecule has 0 fully saturated rings. The molecule has 2 aromatic carbocycles. The average Bonchev–Trinajstić information content (AvgIpc) is 3.33. The number of rotatable bonds is 7. The molecule has 0 amide bonds. The van der Waals surface area contributed by atoms with Gasteiger partial charge in [0.15, 0.2) is 11.0 Å². The van der Waals surface area contributed by atoms with E-state index in [0.717, 1.165) is 33.0 Å². The summed E-state index contributed by atoms with van der Waals surface area (Å²) in [4.78, 5) is 4.71. The van der Waals surface area contributed by atoms with Gasteiger partial charge in [-0.25, -0.2) is 4.98 Å². The average molecular weight is 443 g/mol. The Morgan fingerprint density at radius 2 is 1.90 bits per heavy atom. The first-order valence-electron chi connectivity index (χ1n) is 9.00. The third-order valence-electron chi connectivity index (χ3n) is 4.32. The van der Waals surface area contributed by atoms with Gasteiger partial charge in [-0.1, -0.05) is 59.3 Å². The minimum Gasteiger partial charge on any atom is -0.486 e. The highest BCUT2D eigenvalue weighted by Gasteiger charge is 2.12. The SMILES string of the molecule is Cc1ccc(OCc2nnc(SCc3csc(-c4ccccc4Cl)n3)n2C)cc1. The number of hydrogen-bond acceptors (Lipinski definition) is 6. The van der Waals surface area contributed by atoms with Crippen molar-refractivity contribution in [2.75, 3.05) is 0 Å². The number of benzene rings is 2. The highest BCUT2D eigenvalue weighted by atomic mass is 35.5. The number of nitrogens with zero attached hydrogens (tertiary/aromatic N) is 4. The fraction of sp³-hybridized carbons (Fsp3) is 0.190. The zero-order valence-electron chi connectivity index (χ0n) is 16.0. The molecule has 148 valence electrons. The largest absolute Gasteiger partial charge is 0.486 e. The van der Waals surface area contributed by atoms with Gasteiger partial charge in [0.1, 0.15) is 17.4 Å². The zero-order valence-corrected chi connectivity index (χ0v) is 18.4. The summed E-state index contributed by atoms with van der Waals surface area (Å²) in [6.07, 6.45) is 0. The number of ether oxygens (including phenoxy) is 1. The van der Waals surface area contributed by atoms with Crippen molar-refractivity contribution in [1.29, 1.82) is 0 Å². The van der Waals surface area contributed by atoms with E-state index in [1.807, 2.05) is 60.1 Å². The van der Waals surface area contributed by atoms with E-state index in [0.29, 0.717) is 17.4 Å². The van der Waals surface area contributed by atoms with E-state index in [4.69, 9.17) is 21.3 Å². The molecule has 0 aliphatic carbocycles. The third-order valence-corrected chi connectivity index (χ3v) is 6.63.